The number of nitrogens with one attached hydrogen (secondary N) is 1. The molecular formula is C53H52N4O2. The van der Waals surface area contributed by atoms with E-state index in [0.29, 0.717) is 18.6 Å². The number of Topliss-reactive ketones (excluding diaryl/α,β-unsaturated/α-hetero) is 2. The maximum atomic E-state index is 12.8. The molecule has 0 radical (unpaired) electrons. The van der Waals surface area contributed by atoms with Crippen LogP contribution in [0.1, 0.15) is 90.6 Å². The number of hydrogen-bond donors (Lipinski definition) is 2. The Morgan fingerprint density at radius 1 is 0.492 bits per heavy atom. The van der Waals surface area contributed by atoms with Gasteiger partial charge in [-0.25, -0.2) is 0 Å². The maximum Gasteiger partial charge on any atom is 0.162 e. The molecule has 1 aliphatic carbocycles. The molecule has 0 amide bonds. The number of ketones is 2. The highest BCUT2D eigenvalue weighted by molar-refractivity contribution is 6.30. The van der Waals surface area contributed by atoms with Crippen molar-refractivity contribution in [2.75, 3.05) is 9.80 Å². The number of benzene rings is 6. The molecule has 6 aromatic carbocycles. The summed E-state index contributed by atoms with van der Waals surface area (Å²) in [6.45, 7) is 4.24. The van der Waals surface area contributed by atoms with E-state index in [1.165, 1.54) is 0 Å². The second-order valence-electron chi connectivity index (χ2n) is 15.0. The Bertz CT molecular complexity index is 2420. The summed E-state index contributed by atoms with van der Waals surface area (Å²) in [5, 5.41) is 9.20. The normalized spacial score (nSPS) is 13.7. The maximum absolute atomic E-state index is 12.8. The Morgan fingerprint density at radius 2 is 0.881 bits per heavy atom. The van der Waals surface area contributed by atoms with Gasteiger partial charge in [-0.2, -0.15) is 0 Å². The van der Waals surface area contributed by atoms with Gasteiger partial charge in [0.2, 0.25) is 0 Å². The van der Waals surface area contributed by atoms with Crippen LogP contribution in [0.3, 0.4) is 0 Å². The van der Waals surface area contributed by atoms with E-state index in [0.717, 1.165) is 99.6 Å². The van der Waals surface area contributed by atoms with Gasteiger partial charge in [-0.1, -0.05) is 106 Å². The Labute approximate surface area is 348 Å². The van der Waals surface area contributed by atoms with Gasteiger partial charge in [0.05, 0.1) is 11.8 Å². The molecule has 0 saturated heterocycles. The van der Waals surface area contributed by atoms with Crippen molar-refractivity contribution in [2.45, 2.75) is 64.8 Å². The third-order valence-electron chi connectivity index (χ3n) is 10.9. The minimum Gasteiger partial charge on any atom is -0.319 e. The molecule has 0 bridgehead atoms. The number of unbranched alkanes of at least 4 members (excludes halogenated alkanes) is 3. The van der Waals surface area contributed by atoms with Gasteiger partial charge in [0.15, 0.2) is 11.6 Å². The zero-order chi connectivity index (χ0) is 41.1. The van der Waals surface area contributed by atoms with Crippen LogP contribution in [0.15, 0.2) is 170 Å². The molecule has 0 spiro atoms. The Balaban J connectivity index is 1.12. The number of anilines is 6. The van der Waals surface area contributed by atoms with Gasteiger partial charge in [-0.3, -0.25) is 9.59 Å². The predicted octanol–water partition coefficient (Wildman–Crippen LogP) is 13.6. The van der Waals surface area contributed by atoms with E-state index in [9.17, 15) is 15.0 Å². The van der Waals surface area contributed by atoms with Gasteiger partial charge in [0.1, 0.15) is 0 Å². The average Bonchev–Trinajstić information content (AvgIpc) is 3.28. The molecule has 1 atom stereocenters. The highest BCUT2D eigenvalue weighted by Gasteiger charge is 2.25. The Hall–Kier alpha value is -6.63. The molecule has 6 heteroatoms. The lowest BCUT2D eigenvalue weighted by molar-refractivity contribution is 0.0971. The van der Waals surface area contributed by atoms with E-state index in [1.807, 2.05) is 109 Å². The van der Waals surface area contributed by atoms with Crippen LogP contribution in [0.5, 0.6) is 0 Å². The Kier molecular flexibility index (Phi) is 13.2. The number of hydrogen-bond acceptors (Lipinski definition) is 6. The van der Waals surface area contributed by atoms with Crippen molar-refractivity contribution in [2.24, 2.45) is 5.73 Å². The lowest BCUT2D eigenvalue weighted by Gasteiger charge is -2.27. The molecule has 0 heterocycles. The molecule has 59 heavy (non-hydrogen) atoms. The number of carbonyl (C=O) groups excluding carboxylic acids is 2. The van der Waals surface area contributed by atoms with Crippen LogP contribution in [-0.4, -0.2) is 23.3 Å². The largest absolute Gasteiger partial charge is 0.319 e. The van der Waals surface area contributed by atoms with Gasteiger partial charge >= 0.3 is 0 Å². The van der Waals surface area contributed by atoms with Crippen LogP contribution in [-0.2, 0) is 0 Å². The highest BCUT2D eigenvalue weighted by atomic mass is 16.1. The van der Waals surface area contributed by atoms with E-state index < -0.39 is 6.04 Å². The third kappa shape index (κ3) is 9.41. The summed E-state index contributed by atoms with van der Waals surface area (Å²) in [6.07, 6.45) is 10.1. The van der Waals surface area contributed by atoms with Crippen molar-refractivity contribution in [1.82, 2.24) is 0 Å². The smallest absolute Gasteiger partial charge is 0.162 e. The standard InChI is InChI=1S/C53H52N4O2/c1-3-5-9-19-51(59)41-26-34-47(35-27-41)57(43-16-12-8-13-17-43)45-30-22-39(23-31-45)49-37-36-48(52(54)53(49)55)38-20-28-44(29-21-38)56(42-14-10-7-11-15-42)46-32-24-40(25-33-46)50(58)18-6-4-2/h7-8,10-17,20-37,53-54H,3-6,9,18-19,55H2,1-2H3. The molecule has 6 aromatic rings. The van der Waals surface area contributed by atoms with Gasteiger partial charge in [0.25, 0.3) is 0 Å². The minimum absolute atomic E-state index is 0.171. The fraction of sp³-hybridized carbons (Fsp3) is 0.189. The van der Waals surface area contributed by atoms with E-state index in [4.69, 9.17) is 5.73 Å². The fourth-order valence-corrected chi connectivity index (χ4v) is 7.61. The van der Waals surface area contributed by atoms with E-state index in [1.54, 1.807) is 0 Å². The van der Waals surface area contributed by atoms with Crippen LogP contribution in [0, 0.1) is 5.41 Å². The fourth-order valence-electron chi connectivity index (χ4n) is 7.61. The van der Waals surface area contributed by atoms with Crippen molar-refractivity contribution in [3.8, 4) is 0 Å². The topological polar surface area (TPSA) is 90.5 Å². The first-order chi connectivity index (χ1) is 28.9. The number of allylic oxidation sites excluding steroid dienone is 2. The van der Waals surface area contributed by atoms with E-state index in [-0.39, 0.29) is 11.6 Å². The predicted molar refractivity (Wildman–Crippen MR) is 246 cm³/mol. The van der Waals surface area contributed by atoms with E-state index in [2.05, 4.69) is 84.3 Å². The highest BCUT2D eigenvalue weighted by Crippen LogP contribution is 2.38. The quantitative estimate of drug-likeness (QED) is 0.0711. The van der Waals surface area contributed by atoms with Crippen molar-refractivity contribution < 1.29 is 9.59 Å². The number of nitrogens with two attached hydrogens (primary N) is 1. The number of nitrogens with zero attached hydrogens (tertiary/aromatic N) is 2. The summed E-state index contributed by atoms with van der Waals surface area (Å²) >= 11 is 0. The second kappa shape index (κ2) is 19.2. The summed E-state index contributed by atoms with van der Waals surface area (Å²) in [5.41, 5.74) is 18.1. The molecule has 1 aliphatic rings. The molecule has 0 aromatic heterocycles. The monoisotopic (exact) mass is 776 g/mol. The van der Waals surface area contributed by atoms with E-state index >= 15 is 0 Å². The molecule has 0 aliphatic heterocycles. The van der Waals surface area contributed by atoms with Crippen molar-refractivity contribution in [1.29, 1.82) is 5.41 Å². The first kappa shape index (κ1) is 40.6. The van der Waals surface area contributed by atoms with Crippen molar-refractivity contribution in [3.63, 3.8) is 0 Å². The summed E-state index contributed by atoms with van der Waals surface area (Å²) in [6, 6.07) is 52.0. The minimum atomic E-state index is -0.604. The third-order valence-corrected chi connectivity index (χ3v) is 10.9. The number of para-hydroxylation sites is 2. The molecule has 0 saturated carbocycles. The number of rotatable bonds is 17. The molecule has 3 N–H and O–H groups in total. The Morgan fingerprint density at radius 3 is 1.32 bits per heavy atom. The summed E-state index contributed by atoms with van der Waals surface area (Å²) < 4.78 is 0. The first-order valence-electron chi connectivity index (χ1n) is 20.8. The average molecular weight is 777 g/mol. The van der Waals surface area contributed by atoms with Gasteiger partial charge in [0, 0.05) is 63.7 Å². The lowest BCUT2D eigenvalue weighted by atomic mass is 9.85. The molecular weight excluding hydrogens is 725 g/mol. The van der Waals surface area contributed by atoms with Crippen LogP contribution < -0.4 is 15.5 Å². The van der Waals surface area contributed by atoms with Gasteiger partial charge < -0.3 is 20.9 Å². The summed E-state index contributed by atoms with van der Waals surface area (Å²) in [5.74, 6) is 0.353. The van der Waals surface area contributed by atoms with Crippen LogP contribution >= 0.6 is 0 Å². The first-order valence-corrected chi connectivity index (χ1v) is 20.8. The second-order valence-corrected chi connectivity index (χ2v) is 15.0. The van der Waals surface area contributed by atoms with Crippen molar-refractivity contribution >= 4 is 62.5 Å². The lowest BCUT2D eigenvalue weighted by Crippen LogP contribution is -2.33. The van der Waals surface area contributed by atoms with Crippen LogP contribution in [0.2, 0.25) is 0 Å². The van der Waals surface area contributed by atoms with Crippen LogP contribution in [0.4, 0.5) is 34.1 Å². The van der Waals surface area contributed by atoms with Crippen molar-refractivity contribution in [3.05, 3.63) is 192 Å². The summed E-state index contributed by atoms with van der Waals surface area (Å²) in [7, 11) is 0. The zero-order valence-corrected chi connectivity index (χ0v) is 34.0. The molecule has 296 valence electrons. The molecule has 0 fully saturated rings. The molecule has 1 unspecified atom stereocenters. The number of carbonyl (C=O) groups is 2. The zero-order valence-electron chi connectivity index (χ0n) is 34.0. The molecule has 7 rings (SSSR count). The SMILES string of the molecule is CCCCCC(=O)c1ccc(N(c2ccccc2)c2ccc(C3=CC=C(c4ccc(N(c5ccccc5)c5ccc(C(=O)CCCC)cc5)cc4)C(=N)C3N)cc2)cc1. The molecule has 6 nitrogen and oxygen atoms in total. The van der Waals surface area contributed by atoms with Gasteiger partial charge in [-0.05, 0) is 127 Å². The van der Waals surface area contributed by atoms with Crippen LogP contribution in [0.25, 0.3) is 11.1 Å². The van der Waals surface area contributed by atoms with Gasteiger partial charge in [-0.15, -0.1) is 0 Å². The summed E-state index contributed by atoms with van der Waals surface area (Å²) in [4.78, 5) is 29.8.